The molecule has 0 aliphatic carbocycles. The molecule has 1 unspecified atom stereocenters. The molecule has 5 nitrogen and oxygen atoms in total. The van der Waals surface area contributed by atoms with Crippen molar-refractivity contribution in [2.75, 3.05) is 21.0 Å². The Hall–Kier alpha value is -0.940. The molecule has 1 saturated heterocycles. The van der Waals surface area contributed by atoms with E-state index in [1.54, 1.807) is 0 Å². The Morgan fingerprint density at radius 1 is 1.58 bits per heavy atom. The second kappa shape index (κ2) is 3.64. The second-order valence-corrected chi connectivity index (χ2v) is 2.56. The molecule has 1 aliphatic rings. The molecule has 0 aromatic carbocycles. The minimum atomic E-state index is -0.651. The van der Waals surface area contributed by atoms with Gasteiger partial charge < -0.3 is 9.47 Å². The highest BCUT2D eigenvalue weighted by Crippen LogP contribution is 2.13. The number of amides is 2. The molecule has 5 heteroatoms. The highest BCUT2D eigenvalue weighted by atomic mass is 16.7. The quantitative estimate of drug-likeness (QED) is 0.421. The molecule has 0 bridgehead atoms. The number of rotatable bonds is 3. The maximum absolute atomic E-state index is 11.1. The summed E-state index contributed by atoms with van der Waals surface area (Å²) < 4.78 is 9.59. The number of imide groups is 1. The van der Waals surface area contributed by atoms with Crippen molar-refractivity contribution in [3.05, 3.63) is 0 Å². The van der Waals surface area contributed by atoms with Gasteiger partial charge in [-0.3, -0.25) is 14.5 Å². The summed E-state index contributed by atoms with van der Waals surface area (Å²) in [5.74, 6) is -0.502. The first-order valence-corrected chi connectivity index (χ1v) is 3.57. The first-order chi connectivity index (χ1) is 5.66. The Labute approximate surface area is 70.2 Å². The van der Waals surface area contributed by atoms with Gasteiger partial charge in [-0.25, -0.2) is 0 Å². The summed E-state index contributed by atoms with van der Waals surface area (Å²) in [4.78, 5) is 23.2. The SMILES string of the molecule is COCOC1CC(=O)N(C)C1=O. The summed E-state index contributed by atoms with van der Waals surface area (Å²) in [5, 5.41) is 0. The van der Waals surface area contributed by atoms with Crippen molar-refractivity contribution in [2.24, 2.45) is 0 Å². The topological polar surface area (TPSA) is 55.8 Å². The van der Waals surface area contributed by atoms with Crippen molar-refractivity contribution in [1.29, 1.82) is 0 Å². The molecule has 1 rings (SSSR count). The summed E-state index contributed by atoms with van der Waals surface area (Å²) in [6.07, 6.45) is -0.527. The Bertz CT molecular complexity index is 204. The third-order valence-electron chi connectivity index (χ3n) is 1.73. The van der Waals surface area contributed by atoms with Crippen LogP contribution in [0.3, 0.4) is 0 Å². The number of hydrogen-bond donors (Lipinski definition) is 0. The number of hydrogen-bond acceptors (Lipinski definition) is 4. The molecule has 1 aliphatic heterocycles. The van der Waals surface area contributed by atoms with Crippen LogP contribution in [0.15, 0.2) is 0 Å². The van der Waals surface area contributed by atoms with Crippen molar-refractivity contribution in [3.63, 3.8) is 0 Å². The molecule has 0 N–H and O–H groups in total. The lowest BCUT2D eigenvalue weighted by Gasteiger charge is -2.08. The number of carbonyl (C=O) groups excluding carboxylic acids is 2. The van der Waals surface area contributed by atoms with Crippen molar-refractivity contribution in [3.8, 4) is 0 Å². The third-order valence-corrected chi connectivity index (χ3v) is 1.73. The van der Waals surface area contributed by atoms with Gasteiger partial charge in [-0.15, -0.1) is 0 Å². The fourth-order valence-electron chi connectivity index (χ4n) is 1.00. The van der Waals surface area contributed by atoms with Crippen LogP contribution in [0.5, 0.6) is 0 Å². The van der Waals surface area contributed by atoms with Crippen LogP contribution < -0.4 is 0 Å². The molecule has 0 saturated carbocycles. The first kappa shape index (κ1) is 9.15. The van der Waals surface area contributed by atoms with Crippen LogP contribution in [0.2, 0.25) is 0 Å². The predicted octanol–water partition coefficient (Wildman–Crippen LogP) is -0.636. The van der Waals surface area contributed by atoms with E-state index in [2.05, 4.69) is 4.74 Å². The lowest BCUT2D eigenvalue weighted by Crippen LogP contribution is -2.29. The van der Waals surface area contributed by atoms with Gasteiger partial charge in [0.15, 0.2) is 0 Å². The number of nitrogens with zero attached hydrogens (tertiary/aromatic N) is 1. The fraction of sp³-hybridized carbons (Fsp3) is 0.714. The molecule has 0 aromatic rings. The molecule has 2 amide bonds. The highest BCUT2D eigenvalue weighted by Gasteiger charge is 2.36. The zero-order valence-corrected chi connectivity index (χ0v) is 7.07. The van der Waals surface area contributed by atoms with Gasteiger partial charge in [-0.2, -0.15) is 0 Å². The summed E-state index contributed by atoms with van der Waals surface area (Å²) in [6.45, 7) is 0.0392. The standard InChI is InChI=1S/C7H11NO4/c1-8-6(9)3-5(7(8)10)12-4-11-2/h5H,3-4H2,1-2H3. The van der Waals surface area contributed by atoms with Crippen LogP contribution in [-0.4, -0.2) is 43.8 Å². The van der Waals surface area contributed by atoms with Gasteiger partial charge in [0.25, 0.3) is 5.91 Å². The van der Waals surface area contributed by atoms with E-state index in [1.165, 1.54) is 14.2 Å². The number of methoxy groups -OCH3 is 1. The lowest BCUT2D eigenvalue weighted by atomic mass is 10.3. The summed E-state index contributed by atoms with van der Waals surface area (Å²) in [7, 11) is 2.91. The summed E-state index contributed by atoms with van der Waals surface area (Å²) >= 11 is 0. The van der Waals surface area contributed by atoms with Gasteiger partial charge in [-0.1, -0.05) is 0 Å². The lowest BCUT2D eigenvalue weighted by molar-refractivity contribution is -0.145. The first-order valence-electron chi connectivity index (χ1n) is 3.57. The van der Waals surface area contributed by atoms with Crippen LogP contribution in [0.1, 0.15) is 6.42 Å². The molecule has 0 radical (unpaired) electrons. The average Bonchev–Trinajstić information content (AvgIpc) is 2.30. The molecule has 1 fully saturated rings. The average molecular weight is 173 g/mol. The molecule has 1 heterocycles. The van der Waals surface area contributed by atoms with E-state index in [9.17, 15) is 9.59 Å². The van der Waals surface area contributed by atoms with E-state index < -0.39 is 6.10 Å². The molecule has 0 aromatic heterocycles. The Morgan fingerprint density at radius 3 is 2.67 bits per heavy atom. The normalized spacial score (nSPS) is 23.8. The van der Waals surface area contributed by atoms with Crippen LogP contribution in [-0.2, 0) is 19.1 Å². The van der Waals surface area contributed by atoms with Crippen molar-refractivity contribution >= 4 is 11.8 Å². The zero-order chi connectivity index (χ0) is 9.14. The summed E-state index contributed by atoms with van der Waals surface area (Å²) in [6, 6.07) is 0. The fourth-order valence-corrected chi connectivity index (χ4v) is 1.00. The van der Waals surface area contributed by atoms with Crippen molar-refractivity contribution < 1.29 is 19.1 Å². The number of carbonyl (C=O) groups is 2. The van der Waals surface area contributed by atoms with E-state index in [0.29, 0.717) is 0 Å². The van der Waals surface area contributed by atoms with E-state index >= 15 is 0 Å². The van der Waals surface area contributed by atoms with Crippen LogP contribution in [0.25, 0.3) is 0 Å². The van der Waals surface area contributed by atoms with Gasteiger partial charge in [0.1, 0.15) is 12.9 Å². The Balaban J connectivity index is 2.47. The number of likely N-dealkylation sites (tertiary alicyclic amines) is 1. The smallest absolute Gasteiger partial charge is 0.258 e. The third kappa shape index (κ3) is 1.62. The van der Waals surface area contributed by atoms with Crippen LogP contribution >= 0.6 is 0 Å². The number of likely N-dealkylation sites (N-methyl/N-ethyl adjacent to an activating group) is 1. The summed E-state index contributed by atoms with van der Waals surface area (Å²) in [5.41, 5.74) is 0. The van der Waals surface area contributed by atoms with E-state index in [0.717, 1.165) is 4.90 Å². The molecular formula is C7H11NO4. The Morgan fingerprint density at radius 2 is 2.25 bits per heavy atom. The van der Waals surface area contributed by atoms with Gasteiger partial charge in [0, 0.05) is 14.2 Å². The molecule has 1 atom stereocenters. The zero-order valence-electron chi connectivity index (χ0n) is 7.07. The van der Waals surface area contributed by atoms with E-state index in [1.807, 2.05) is 0 Å². The Kier molecular flexibility index (Phi) is 2.78. The predicted molar refractivity (Wildman–Crippen MR) is 39.1 cm³/mol. The van der Waals surface area contributed by atoms with Gasteiger partial charge in [0.2, 0.25) is 5.91 Å². The molecule has 68 valence electrons. The second-order valence-electron chi connectivity index (χ2n) is 2.56. The van der Waals surface area contributed by atoms with Gasteiger partial charge in [0.05, 0.1) is 6.42 Å². The van der Waals surface area contributed by atoms with E-state index in [-0.39, 0.29) is 25.0 Å². The van der Waals surface area contributed by atoms with Gasteiger partial charge in [-0.05, 0) is 0 Å². The molecular weight excluding hydrogens is 162 g/mol. The van der Waals surface area contributed by atoms with Crippen LogP contribution in [0, 0.1) is 0 Å². The number of ether oxygens (including phenoxy) is 2. The maximum atomic E-state index is 11.1. The minimum absolute atomic E-state index is 0.0392. The largest absolute Gasteiger partial charge is 0.359 e. The molecule has 0 spiro atoms. The highest BCUT2D eigenvalue weighted by molar-refractivity contribution is 6.04. The van der Waals surface area contributed by atoms with Crippen LogP contribution in [0.4, 0.5) is 0 Å². The van der Waals surface area contributed by atoms with Crippen molar-refractivity contribution in [2.45, 2.75) is 12.5 Å². The van der Waals surface area contributed by atoms with Gasteiger partial charge >= 0.3 is 0 Å². The molecule has 12 heavy (non-hydrogen) atoms. The minimum Gasteiger partial charge on any atom is -0.359 e. The maximum Gasteiger partial charge on any atom is 0.258 e. The van der Waals surface area contributed by atoms with Crippen molar-refractivity contribution in [1.82, 2.24) is 4.90 Å². The van der Waals surface area contributed by atoms with E-state index in [4.69, 9.17) is 4.74 Å². The monoisotopic (exact) mass is 173 g/mol.